The van der Waals surface area contributed by atoms with Crippen molar-refractivity contribution in [1.29, 1.82) is 0 Å². The summed E-state index contributed by atoms with van der Waals surface area (Å²) >= 11 is 0. The summed E-state index contributed by atoms with van der Waals surface area (Å²) < 4.78 is 26.5. The summed E-state index contributed by atoms with van der Waals surface area (Å²) in [6, 6.07) is 0. The summed E-state index contributed by atoms with van der Waals surface area (Å²) in [5.41, 5.74) is 5.49. The highest BCUT2D eigenvalue weighted by Crippen LogP contribution is 2.39. The van der Waals surface area contributed by atoms with E-state index in [9.17, 15) is 8.42 Å². The Balaban J connectivity index is 2.25. The van der Waals surface area contributed by atoms with Gasteiger partial charge < -0.3 is 5.73 Å². The molecule has 2 rings (SSSR count). The molecule has 0 atom stereocenters. The third-order valence-electron chi connectivity index (χ3n) is 4.19. The van der Waals surface area contributed by atoms with Crippen molar-refractivity contribution in [2.75, 3.05) is 18.8 Å². The van der Waals surface area contributed by atoms with E-state index < -0.39 is 10.0 Å². The monoisotopic (exact) mass is 284 g/mol. The van der Waals surface area contributed by atoms with Crippen molar-refractivity contribution in [3.63, 3.8) is 0 Å². The van der Waals surface area contributed by atoms with Gasteiger partial charge in [0.25, 0.3) is 0 Å². The van der Waals surface area contributed by atoms with Crippen molar-refractivity contribution in [3.05, 3.63) is 12.4 Å². The molecule has 0 bridgehead atoms. The minimum atomic E-state index is -3.49. The largest absolute Gasteiger partial charge is 0.368 e. The van der Waals surface area contributed by atoms with E-state index in [0.29, 0.717) is 13.1 Å². The maximum absolute atomic E-state index is 12.5. The van der Waals surface area contributed by atoms with Crippen LogP contribution in [0.3, 0.4) is 0 Å². The summed E-state index contributed by atoms with van der Waals surface area (Å²) in [7, 11) is -3.49. The van der Waals surface area contributed by atoms with E-state index in [2.05, 4.69) is 23.8 Å². The first-order chi connectivity index (χ1) is 8.93. The summed E-state index contributed by atoms with van der Waals surface area (Å²) in [6.07, 6.45) is 5.45. The van der Waals surface area contributed by atoms with Gasteiger partial charge in [-0.25, -0.2) is 18.4 Å². The lowest BCUT2D eigenvalue weighted by molar-refractivity contribution is 0.279. The van der Waals surface area contributed by atoms with Crippen LogP contribution in [-0.4, -0.2) is 35.8 Å². The van der Waals surface area contributed by atoms with Crippen molar-refractivity contribution < 1.29 is 8.42 Å². The lowest BCUT2D eigenvalue weighted by Gasteiger charge is -2.26. The van der Waals surface area contributed by atoms with Crippen LogP contribution in [-0.2, 0) is 10.0 Å². The Morgan fingerprint density at radius 3 is 2.37 bits per heavy atom. The number of rotatable bonds is 4. The van der Waals surface area contributed by atoms with Crippen LogP contribution in [0.5, 0.6) is 0 Å². The zero-order valence-electron chi connectivity index (χ0n) is 11.3. The molecule has 0 unspecified atom stereocenters. The van der Waals surface area contributed by atoms with E-state index in [1.165, 1.54) is 16.7 Å². The zero-order chi connectivity index (χ0) is 14.1. The Labute approximate surface area is 114 Å². The zero-order valence-corrected chi connectivity index (χ0v) is 12.2. The summed E-state index contributed by atoms with van der Waals surface area (Å²) in [5.74, 6) is 0.0804. The van der Waals surface area contributed by atoms with Gasteiger partial charge in [-0.1, -0.05) is 13.8 Å². The second kappa shape index (κ2) is 5.05. The molecule has 1 aromatic rings. The van der Waals surface area contributed by atoms with Gasteiger partial charge in [0.1, 0.15) is 4.90 Å². The Morgan fingerprint density at radius 1 is 1.32 bits per heavy atom. The van der Waals surface area contributed by atoms with Crippen LogP contribution in [0, 0.1) is 5.41 Å². The first kappa shape index (κ1) is 14.2. The fraction of sp³-hybridized carbons (Fsp3) is 0.667. The van der Waals surface area contributed by atoms with Crippen LogP contribution in [0.15, 0.2) is 17.3 Å². The molecule has 2 N–H and O–H groups in total. The Morgan fingerprint density at radius 2 is 1.89 bits per heavy atom. The molecule has 1 fully saturated rings. The number of sulfonamides is 1. The van der Waals surface area contributed by atoms with Gasteiger partial charge in [0.05, 0.1) is 12.4 Å². The molecule has 1 aromatic heterocycles. The smallest absolute Gasteiger partial charge is 0.246 e. The summed E-state index contributed by atoms with van der Waals surface area (Å²) in [5, 5.41) is 0. The van der Waals surface area contributed by atoms with Gasteiger partial charge in [-0.2, -0.15) is 4.31 Å². The highest BCUT2D eigenvalue weighted by molar-refractivity contribution is 7.89. The molecule has 106 valence electrons. The molecule has 0 amide bonds. The number of hydrogen-bond acceptors (Lipinski definition) is 5. The molecule has 1 aliphatic heterocycles. The molecular formula is C12H20N4O2S. The SMILES string of the molecule is CCC1(CC)CCN(S(=O)(=O)c2cnc(N)nc2)C1. The summed E-state index contributed by atoms with van der Waals surface area (Å²) in [6.45, 7) is 5.37. The van der Waals surface area contributed by atoms with Crippen LogP contribution in [0.1, 0.15) is 33.1 Å². The minimum Gasteiger partial charge on any atom is -0.368 e. The molecule has 0 radical (unpaired) electrons. The van der Waals surface area contributed by atoms with Crippen molar-refractivity contribution in [2.45, 2.75) is 38.0 Å². The van der Waals surface area contributed by atoms with Crippen molar-refractivity contribution >= 4 is 16.0 Å². The Kier molecular flexibility index (Phi) is 3.78. The summed E-state index contributed by atoms with van der Waals surface area (Å²) in [4.78, 5) is 7.62. The topological polar surface area (TPSA) is 89.2 Å². The van der Waals surface area contributed by atoms with Gasteiger partial charge >= 0.3 is 0 Å². The van der Waals surface area contributed by atoms with E-state index >= 15 is 0 Å². The second-order valence-electron chi connectivity index (χ2n) is 5.07. The molecular weight excluding hydrogens is 264 g/mol. The number of hydrogen-bond donors (Lipinski definition) is 1. The molecule has 2 heterocycles. The maximum Gasteiger partial charge on any atom is 0.246 e. The van der Waals surface area contributed by atoms with Gasteiger partial charge in [-0.15, -0.1) is 0 Å². The van der Waals surface area contributed by atoms with E-state index in [0.717, 1.165) is 19.3 Å². The molecule has 7 heteroatoms. The van der Waals surface area contributed by atoms with Crippen LogP contribution in [0.25, 0.3) is 0 Å². The average Bonchev–Trinajstić information content (AvgIpc) is 2.85. The highest BCUT2D eigenvalue weighted by atomic mass is 32.2. The fourth-order valence-electron chi connectivity index (χ4n) is 2.53. The molecule has 1 saturated heterocycles. The van der Waals surface area contributed by atoms with Crippen LogP contribution in [0.2, 0.25) is 0 Å². The molecule has 1 aliphatic rings. The highest BCUT2D eigenvalue weighted by Gasteiger charge is 2.40. The van der Waals surface area contributed by atoms with Gasteiger partial charge in [0.15, 0.2) is 0 Å². The Hall–Kier alpha value is -1.21. The predicted molar refractivity (Wildman–Crippen MR) is 72.8 cm³/mol. The number of aromatic nitrogens is 2. The molecule has 6 nitrogen and oxygen atoms in total. The van der Waals surface area contributed by atoms with E-state index in [-0.39, 0.29) is 16.3 Å². The molecule has 0 aromatic carbocycles. The first-order valence-corrected chi connectivity index (χ1v) is 7.95. The van der Waals surface area contributed by atoms with E-state index in [4.69, 9.17) is 5.73 Å². The quantitative estimate of drug-likeness (QED) is 0.899. The third-order valence-corrected chi connectivity index (χ3v) is 5.99. The van der Waals surface area contributed by atoms with Crippen molar-refractivity contribution in [1.82, 2.24) is 14.3 Å². The standard InChI is InChI=1S/C12H20N4O2S/c1-3-12(4-2)5-6-16(9-12)19(17,18)10-7-14-11(13)15-8-10/h7-8H,3-6,9H2,1-2H3,(H2,13,14,15). The minimum absolute atomic E-state index is 0.0804. The van der Waals surface area contributed by atoms with Gasteiger partial charge in [-0.3, -0.25) is 0 Å². The molecule has 0 saturated carbocycles. The number of nitrogens with zero attached hydrogens (tertiary/aromatic N) is 3. The maximum atomic E-state index is 12.5. The van der Waals surface area contributed by atoms with Crippen molar-refractivity contribution in [2.24, 2.45) is 5.41 Å². The van der Waals surface area contributed by atoms with Crippen molar-refractivity contribution in [3.8, 4) is 0 Å². The van der Waals surface area contributed by atoms with Crippen LogP contribution >= 0.6 is 0 Å². The number of anilines is 1. The average molecular weight is 284 g/mol. The Bertz CT molecular complexity index is 537. The second-order valence-corrected chi connectivity index (χ2v) is 7.01. The van der Waals surface area contributed by atoms with E-state index in [1.807, 2.05) is 0 Å². The first-order valence-electron chi connectivity index (χ1n) is 6.51. The molecule has 19 heavy (non-hydrogen) atoms. The molecule has 0 spiro atoms. The van der Waals surface area contributed by atoms with Gasteiger partial charge in [-0.05, 0) is 24.7 Å². The van der Waals surface area contributed by atoms with Crippen LogP contribution < -0.4 is 5.73 Å². The lowest BCUT2D eigenvalue weighted by atomic mass is 9.82. The normalized spacial score (nSPS) is 19.7. The fourth-order valence-corrected chi connectivity index (χ4v) is 3.98. The lowest BCUT2D eigenvalue weighted by Crippen LogP contribution is -2.32. The third kappa shape index (κ3) is 2.57. The van der Waals surface area contributed by atoms with Gasteiger partial charge in [0.2, 0.25) is 16.0 Å². The number of nitrogen functional groups attached to an aromatic ring is 1. The predicted octanol–water partition coefficient (Wildman–Crippen LogP) is 1.26. The number of nitrogens with two attached hydrogens (primary N) is 1. The van der Waals surface area contributed by atoms with Gasteiger partial charge in [0, 0.05) is 13.1 Å². The van der Waals surface area contributed by atoms with Crippen LogP contribution in [0.4, 0.5) is 5.95 Å². The molecule has 0 aliphatic carbocycles. The van der Waals surface area contributed by atoms with E-state index in [1.54, 1.807) is 0 Å².